The van der Waals surface area contributed by atoms with E-state index < -0.39 is 0 Å². The van der Waals surface area contributed by atoms with Crippen molar-refractivity contribution in [2.45, 2.75) is 6.54 Å². The van der Waals surface area contributed by atoms with Crippen molar-refractivity contribution in [3.63, 3.8) is 0 Å². The van der Waals surface area contributed by atoms with E-state index in [0.717, 1.165) is 5.69 Å². The monoisotopic (exact) mass is 134 g/mol. The van der Waals surface area contributed by atoms with Crippen molar-refractivity contribution in [2.75, 3.05) is 0 Å². The lowest BCUT2D eigenvalue weighted by atomic mass is 10.4. The number of rotatable bonds is 2. The second-order valence-corrected chi connectivity index (χ2v) is 1.71. The molecule has 0 amide bonds. The zero-order valence-corrected chi connectivity index (χ0v) is 5.31. The van der Waals surface area contributed by atoms with Gasteiger partial charge in [-0.25, -0.2) is 0 Å². The number of nitrogens with zero attached hydrogens (tertiary/aromatic N) is 4. The largest absolute Gasteiger partial charge is 0.261 e. The highest BCUT2D eigenvalue weighted by Gasteiger charge is 1.85. The first-order chi connectivity index (χ1) is 4.93. The van der Waals surface area contributed by atoms with E-state index in [1.807, 2.05) is 18.2 Å². The summed E-state index contributed by atoms with van der Waals surface area (Å²) in [6.07, 6.45) is 1.67. The molecule has 1 rings (SSSR count). The maximum Gasteiger partial charge on any atom is 0.0684 e. The quantitative estimate of drug-likeness (QED) is 0.346. The van der Waals surface area contributed by atoms with Crippen LogP contribution in [0.2, 0.25) is 0 Å². The van der Waals surface area contributed by atoms with Gasteiger partial charge in [-0.3, -0.25) is 4.98 Å². The summed E-state index contributed by atoms with van der Waals surface area (Å²) in [5.41, 5.74) is 8.75. The van der Waals surface area contributed by atoms with Crippen LogP contribution in [0.15, 0.2) is 29.5 Å². The third kappa shape index (κ3) is 1.76. The summed E-state index contributed by atoms with van der Waals surface area (Å²) in [5.74, 6) is 0. The van der Waals surface area contributed by atoms with Gasteiger partial charge in [-0.2, -0.15) is 0 Å². The first-order valence-corrected chi connectivity index (χ1v) is 2.84. The van der Waals surface area contributed by atoms with Gasteiger partial charge < -0.3 is 0 Å². The van der Waals surface area contributed by atoms with Gasteiger partial charge in [0.25, 0.3) is 0 Å². The predicted octanol–water partition coefficient (Wildman–Crippen LogP) is 1.89. The van der Waals surface area contributed by atoms with Crippen LogP contribution in [-0.2, 0) is 6.54 Å². The van der Waals surface area contributed by atoms with E-state index in [1.165, 1.54) is 0 Å². The van der Waals surface area contributed by atoms with E-state index >= 15 is 0 Å². The minimum absolute atomic E-state index is 0.331. The molecule has 0 saturated carbocycles. The third-order valence-corrected chi connectivity index (χ3v) is 1.02. The Labute approximate surface area is 58.1 Å². The van der Waals surface area contributed by atoms with Gasteiger partial charge in [0.1, 0.15) is 0 Å². The van der Waals surface area contributed by atoms with Gasteiger partial charge in [0.15, 0.2) is 0 Å². The normalized spacial score (nSPS) is 8.40. The second-order valence-electron chi connectivity index (χ2n) is 1.71. The lowest BCUT2D eigenvalue weighted by Crippen LogP contribution is -1.82. The summed E-state index contributed by atoms with van der Waals surface area (Å²) in [5, 5.41) is 3.36. The van der Waals surface area contributed by atoms with E-state index in [1.54, 1.807) is 6.20 Å². The van der Waals surface area contributed by atoms with Crippen molar-refractivity contribution < 1.29 is 0 Å². The molecule has 1 aromatic heterocycles. The highest BCUT2D eigenvalue weighted by atomic mass is 15.1. The molecule has 1 aromatic rings. The lowest BCUT2D eigenvalue weighted by molar-refractivity contribution is 0.976. The molecule has 0 saturated heterocycles. The predicted molar refractivity (Wildman–Crippen MR) is 37.1 cm³/mol. The average molecular weight is 134 g/mol. The molecular weight excluding hydrogens is 128 g/mol. The fourth-order valence-electron chi connectivity index (χ4n) is 0.596. The molecule has 0 radical (unpaired) electrons. The summed E-state index contributed by atoms with van der Waals surface area (Å²) in [6, 6.07) is 5.49. The van der Waals surface area contributed by atoms with Crippen LogP contribution in [0.1, 0.15) is 5.69 Å². The fraction of sp³-hybridized carbons (Fsp3) is 0.167. The van der Waals surface area contributed by atoms with Crippen molar-refractivity contribution in [1.29, 1.82) is 0 Å². The van der Waals surface area contributed by atoms with Gasteiger partial charge >= 0.3 is 0 Å². The minimum Gasteiger partial charge on any atom is -0.261 e. The molecule has 0 aromatic carbocycles. The summed E-state index contributed by atoms with van der Waals surface area (Å²) in [6.45, 7) is 0.331. The number of azide groups is 1. The van der Waals surface area contributed by atoms with Crippen molar-refractivity contribution in [1.82, 2.24) is 4.98 Å². The van der Waals surface area contributed by atoms with Crippen molar-refractivity contribution >= 4 is 0 Å². The maximum atomic E-state index is 7.96. The van der Waals surface area contributed by atoms with E-state index in [4.69, 9.17) is 5.53 Å². The first-order valence-electron chi connectivity index (χ1n) is 2.84. The van der Waals surface area contributed by atoms with Crippen LogP contribution < -0.4 is 0 Å². The van der Waals surface area contributed by atoms with Gasteiger partial charge in [0.2, 0.25) is 0 Å². The topological polar surface area (TPSA) is 61.7 Å². The average Bonchev–Trinajstić information content (AvgIpc) is 2.03. The molecule has 0 N–H and O–H groups in total. The van der Waals surface area contributed by atoms with E-state index in [9.17, 15) is 0 Å². The van der Waals surface area contributed by atoms with Gasteiger partial charge in [-0.05, 0) is 17.7 Å². The molecule has 0 unspecified atom stereocenters. The SMILES string of the molecule is [N-]=[N+]=NCc1ccccn1. The molecule has 0 aliphatic rings. The van der Waals surface area contributed by atoms with Crippen LogP contribution in [0.3, 0.4) is 0 Å². The van der Waals surface area contributed by atoms with Crippen molar-refractivity contribution in [3.8, 4) is 0 Å². The summed E-state index contributed by atoms with van der Waals surface area (Å²) >= 11 is 0. The molecule has 0 spiro atoms. The van der Waals surface area contributed by atoms with Crippen LogP contribution in [0.5, 0.6) is 0 Å². The molecule has 1 heterocycles. The fourth-order valence-corrected chi connectivity index (χ4v) is 0.596. The van der Waals surface area contributed by atoms with Crippen LogP contribution >= 0.6 is 0 Å². The number of hydrogen-bond acceptors (Lipinski definition) is 2. The summed E-state index contributed by atoms with van der Waals surface area (Å²) in [7, 11) is 0. The zero-order valence-electron chi connectivity index (χ0n) is 5.31. The van der Waals surface area contributed by atoms with Gasteiger partial charge in [-0.1, -0.05) is 11.2 Å². The highest BCUT2D eigenvalue weighted by Crippen LogP contribution is 1.94. The minimum atomic E-state index is 0.331. The molecule has 0 fully saturated rings. The smallest absolute Gasteiger partial charge is 0.0684 e. The van der Waals surface area contributed by atoms with Gasteiger partial charge in [0, 0.05) is 16.8 Å². The lowest BCUT2D eigenvalue weighted by Gasteiger charge is -1.89. The van der Waals surface area contributed by atoms with Crippen molar-refractivity contribution in [2.24, 2.45) is 5.11 Å². The molecule has 0 aliphatic heterocycles. The Balaban J connectivity index is 2.67. The Kier molecular flexibility index (Phi) is 2.29. The molecule has 10 heavy (non-hydrogen) atoms. The van der Waals surface area contributed by atoms with Crippen LogP contribution in [0, 0.1) is 0 Å². The second kappa shape index (κ2) is 3.48. The van der Waals surface area contributed by atoms with Gasteiger partial charge in [0.05, 0.1) is 6.54 Å². The summed E-state index contributed by atoms with van der Waals surface area (Å²) < 4.78 is 0. The van der Waals surface area contributed by atoms with E-state index in [-0.39, 0.29) is 0 Å². The summed E-state index contributed by atoms with van der Waals surface area (Å²) in [4.78, 5) is 6.57. The molecule has 50 valence electrons. The third-order valence-electron chi connectivity index (χ3n) is 1.02. The molecular formula is C6H6N4. The Hall–Kier alpha value is -1.54. The Morgan fingerprint density at radius 1 is 1.60 bits per heavy atom. The van der Waals surface area contributed by atoms with Crippen molar-refractivity contribution in [3.05, 3.63) is 40.5 Å². The first kappa shape index (κ1) is 6.58. The van der Waals surface area contributed by atoms with Crippen LogP contribution in [-0.4, -0.2) is 4.98 Å². The number of hydrogen-bond donors (Lipinski definition) is 0. The van der Waals surface area contributed by atoms with E-state index in [2.05, 4.69) is 15.0 Å². The number of aromatic nitrogens is 1. The van der Waals surface area contributed by atoms with Gasteiger partial charge in [-0.15, -0.1) is 0 Å². The molecule has 4 nitrogen and oxygen atoms in total. The van der Waals surface area contributed by atoms with E-state index in [0.29, 0.717) is 6.54 Å². The maximum absolute atomic E-state index is 7.96. The molecule has 0 aliphatic carbocycles. The Bertz CT molecular complexity index is 237. The number of pyridine rings is 1. The highest BCUT2D eigenvalue weighted by molar-refractivity contribution is 5.02. The van der Waals surface area contributed by atoms with Crippen LogP contribution in [0.25, 0.3) is 10.4 Å². The Morgan fingerprint density at radius 3 is 3.10 bits per heavy atom. The van der Waals surface area contributed by atoms with Crippen LogP contribution in [0.4, 0.5) is 0 Å². The standard InChI is InChI=1S/C6H6N4/c7-10-9-5-6-3-1-2-4-8-6/h1-4H,5H2. The molecule has 4 heteroatoms. The molecule has 0 atom stereocenters. The molecule has 0 bridgehead atoms. The Morgan fingerprint density at radius 2 is 2.50 bits per heavy atom. The zero-order chi connectivity index (χ0) is 7.23.